The normalized spacial score (nSPS) is 16.5. The van der Waals surface area contributed by atoms with Crippen molar-refractivity contribution in [2.45, 2.75) is 84.3 Å². The van der Waals surface area contributed by atoms with E-state index in [2.05, 4.69) is 0 Å². The van der Waals surface area contributed by atoms with Gasteiger partial charge in [0.25, 0.3) is 10.1 Å². The lowest BCUT2D eigenvalue weighted by atomic mass is 9.72. The number of hydrogen-bond donors (Lipinski definition) is 3. The van der Waals surface area contributed by atoms with E-state index in [9.17, 15) is 32.8 Å². The highest BCUT2D eigenvalue weighted by Crippen LogP contribution is 2.42. The van der Waals surface area contributed by atoms with Crippen LogP contribution in [0.2, 0.25) is 0 Å². The van der Waals surface area contributed by atoms with Crippen molar-refractivity contribution in [3.8, 4) is 0 Å². The molecule has 7 nitrogen and oxygen atoms in total. The summed E-state index contributed by atoms with van der Waals surface area (Å²) in [5.74, 6) is -3.40. The molecule has 0 spiro atoms. The van der Waals surface area contributed by atoms with E-state index in [1.165, 1.54) is 0 Å². The predicted molar refractivity (Wildman–Crippen MR) is 109 cm³/mol. The molecule has 0 aromatic rings. The molecule has 0 radical (unpaired) electrons. The number of aliphatic carboxylic acids is 2. The number of carboxylic acids is 2. The topological polar surface area (TPSA) is 129 Å². The summed E-state index contributed by atoms with van der Waals surface area (Å²) in [7, 11) is -5.15. The standard InChI is InChI=1S/C20H34O7S/c1-5-9-11-15(7-3)13-20(19(23)24,14-16(8-4)12-10-6-2)17(18(21)22)28(25,26)27/h7-8,17H,5-6,9-14H2,1-4H3,(H,21,22)(H,23,24)(H,25,26,27). The lowest BCUT2D eigenvalue weighted by molar-refractivity contribution is -0.155. The average Bonchev–Trinajstić information content (AvgIpc) is 2.59. The van der Waals surface area contributed by atoms with Crippen LogP contribution in [0.25, 0.3) is 0 Å². The van der Waals surface area contributed by atoms with Crippen molar-refractivity contribution in [2.24, 2.45) is 5.41 Å². The van der Waals surface area contributed by atoms with Gasteiger partial charge in [-0.3, -0.25) is 14.1 Å². The molecule has 0 aliphatic heterocycles. The Hall–Kier alpha value is -1.67. The van der Waals surface area contributed by atoms with E-state index in [1.54, 1.807) is 26.0 Å². The second-order valence-corrected chi connectivity index (χ2v) is 8.65. The van der Waals surface area contributed by atoms with E-state index in [0.717, 1.165) is 25.7 Å². The van der Waals surface area contributed by atoms with E-state index in [-0.39, 0.29) is 12.8 Å². The largest absolute Gasteiger partial charge is 0.481 e. The van der Waals surface area contributed by atoms with Gasteiger partial charge in [0.2, 0.25) is 0 Å². The first-order valence-electron chi connectivity index (χ1n) is 9.70. The third kappa shape index (κ3) is 7.39. The number of hydrogen-bond acceptors (Lipinski definition) is 4. The Bertz CT molecular complexity index is 663. The fraction of sp³-hybridized carbons (Fsp3) is 0.700. The minimum Gasteiger partial charge on any atom is -0.481 e. The van der Waals surface area contributed by atoms with E-state index in [1.807, 2.05) is 13.8 Å². The van der Waals surface area contributed by atoms with Gasteiger partial charge in [-0.15, -0.1) is 0 Å². The SMILES string of the molecule is CC=C(CCCC)CC(CC(=CC)CCCC)(C(=O)O)C(C(=O)O)S(=O)(=O)O. The molecule has 162 valence electrons. The highest BCUT2D eigenvalue weighted by Gasteiger charge is 2.56. The van der Waals surface area contributed by atoms with Crippen LogP contribution in [0.4, 0.5) is 0 Å². The van der Waals surface area contributed by atoms with Crippen LogP contribution in [-0.4, -0.2) is 40.4 Å². The van der Waals surface area contributed by atoms with Gasteiger partial charge in [0.05, 0.1) is 0 Å². The van der Waals surface area contributed by atoms with Crippen molar-refractivity contribution >= 4 is 22.1 Å². The number of allylic oxidation sites excluding steroid dienone is 4. The maximum Gasteiger partial charge on any atom is 0.325 e. The third-order valence-corrected chi connectivity index (χ3v) is 6.30. The van der Waals surface area contributed by atoms with Gasteiger partial charge < -0.3 is 10.2 Å². The molecule has 0 aromatic carbocycles. The zero-order valence-corrected chi connectivity index (χ0v) is 18.1. The Labute approximate surface area is 168 Å². The minimum atomic E-state index is -5.15. The van der Waals surface area contributed by atoms with Crippen molar-refractivity contribution in [3.63, 3.8) is 0 Å². The van der Waals surface area contributed by atoms with Crippen molar-refractivity contribution < 1.29 is 32.8 Å². The number of carbonyl (C=O) groups is 2. The molecule has 1 atom stereocenters. The van der Waals surface area contributed by atoms with Gasteiger partial charge in [-0.05, 0) is 52.4 Å². The van der Waals surface area contributed by atoms with E-state index in [4.69, 9.17) is 0 Å². The molecule has 0 aliphatic rings. The summed E-state index contributed by atoms with van der Waals surface area (Å²) in [6.07, 6.45) is 7.24. The van der Waals surface area contributed by atoms with Crippen LogP contribution < -0.4 is 0 Å². The molecule has 3 N–H and O–H groups in total. The first-order chi connectivity index (χ1) is 13.0. The molecule has 0 aliphatic carbocycles. The van der Waals surface area contributed by atoms with Crippen molar-refractivity contribution in [1.82, 2.24) is 0 Å². The van der Waals surface area contributed by atoms with Gasteiger partial charge in [0, 0.05) is 0 Å². The van der Waals surface area contributed by atoms with Crippen LogP contribution in [0.5, 0.6) is 0 Å². The molecule has 0 rings (SSSR count). The molecular formula is C20H34O7S. The summed E-state index contributed by atoms with van der Waals surface area (Å²) in [6.45, 7) is 7.38. The summed E-state index contributed by atoms with van der Waals surface area (Å²) < 4.78 is 33.6. The van der Waals surface area contributed by atoms with Gasteiger partial charge in [0.15, 0.2) is 5.25 Å². The minimum absolute atomic E-state index is 0.251. The molecule has 0 saturated heterocycles. The Morgan fingerprint density at radius 2 is 1.32 bits per heavy atom. The molecular weight excluding hydrogens is 384 g/mol. The molecule has 0 amide bonds. The van der Waals surface area contributed by atoms with Crippen molar-refractivity contribution in [3.05, 3.63) is 23.3 Å². The number of rotatable bonds is 14. The monoisotopic (exact) mass is 418 g/mol. The highest BCUT2D eigenvalue weighted by atomic mass is 32.2. The number of carboxylic acid groups (broad SMARTS) is 2. The van der Waals surface area contributed by atoms with Crippen LogP contribution in [0.3, 0.4) is 0 Å². The average molecular weight is 419 g/mol. The zero-order chi connectivity index (χ0) is 22.0. The van der Waals surface area contributed by atoms with Crippen molar-refractivity contribution in [2.75, 3.05) is 0 Å². The number of unbranched alkanes of at least 4 members (excludes halogenated alkanes) is 2. The predicted octanol–water partition coefficient (Wildman–Crippen LogP) is 4.45. The molecule has 1 unspecified atom stereocenters. The Morgan fingerprint density at radius 1 is 0.929 bits per heavy atom. The van der Waals surface area contributed by atoms with Gasteiger partial charge in [-0.1, -0.05) is 50.0 Å². The highest BCUT2D eigenvalue weighted by molar-refractivity contribution is 7.87. The maximum absolute atomic E-state index is 12.4. The van der Waals surface area contributed by atoms with Crippen molar-refractivity contribution in [1.29, 1.82) is 0 Å². The molecule has 8 heteroatoms. The molecule has 0 saturated carbocycles. The first kappa shape index (κ1) is 26.3. The Kier molecular flexibility index (Phi) is 11.3. The lowest BCUT2D eigenvalue weighted by Gasteiger charge is -2.35. The second kappa shape index (κ2) is 12.0. The second-order valence-electron chi connectivity index (χ2n) is 7.15. The summed E-state index contributed by atoms with van der Waals surface area (Å²) >= 11 is 0. The quantitative estimate of drug-likeness (QED) is 0.281. The third-order valence-electron chi connectivity index (χ3n) is 5.05. The summed E-state index contributed by atoms with van der Waals surface area (Å²) in [4.78, 5) is 24.2. The fourth-order valence-electron chi connectivity index (χ4n) is 3.45. The maximum atomic E-state index is 12.4. The summed E-state index contributed by atoms with van der Waals surface area (Å²) in [5, 5.41) is 17.2. The van der Waals surface area contributed by atoms with Gasteiger partial charge in [-0.25, -0.2) is 0 Å². The van der Waals surface area contributed by atoms with E-state index in [0.29, 0.717) is 24.0 Å². The van der Waals surface area contributed by atoms with Gasteiger partial charge >= 0.3 is 11.9 Å². The zero-order valence-electron chi connectivity index (χ0n) is 17.3. The Morgan fingerprint density at radius 3 is 1.54 bits per heavy atom. The van der Waals surface area contributed by atoms with Crippen LogP contribution in [0.1, 0.15) is 79.1 Å². The van der Waals surface area contributed by atoms with Crippen LogP contribution in [0, 0.1) is 5.41 Å². The van der Waals surface area contributed by atoms with Crippen LogP contribution >= 0.6 is 0 Å². The molecule has 28 heavy (non-hydrogen) atoms. The van der Waals surface area contributed by atoms with Gasteiger partial charge in [0.1, 0.15) is 5.41 Å². The molecule has 0 aromatic heterocycles. The Balaban J connectivity index is 6.48. The van der Waals surface area contributed by atoms with Crippen LogP contribution in [0.15, 0.2) is 23.3 Å². The van der Waals surface area contributed by atoms with Gasteiger partial charge in [-0.2, -0.15) is 8.42 Å². The smallest absolute Gasteiger partial charge is 0.325 e. The first-order valence-corrected chi connectivity index (χ1v) is 11.2. The summed E-state index contributed by atoms with van der Waals surface area (Å²) in [5.41, 5.74) is -0.847. The molecule has 0 bridgehead atoms. The summed E-state index contributed by atoms with van der Waals surface area (Å²) in [6, 6.07) is 0. The lowest BCUT2D eigenvalue weighted by Crippen LogP contribution is -2.51. The molecule has 0 fully saturated rings. The van der Waals surface area contributed by atoms with E-state index >= 15 is 0 Å². The van der Waals surface area contributed by atoms with Crippen LogP contribution in [-0.2, 0) is 19.7 Å². The fourth-order valence-corrected chi connectivity index (χ4v) is 4.54. The van der Waals surface area contributed by atoms with E-state index < -0.39 is 32.7 Å². The molecule has 0 heterocycles.